The number of aromatic nitrogens is 2. The van der Waals surface area contributed by atoms with E-state index in [0.29, 0.717) is 12.6 Å². The zero-order chi connectivity index (χ0) is 13.0. The van der Waals surface area contributed by atoms with Crippen LogP contribution in [-0.2, 0) is 6.42 Å². The Bertz CT molecular complexity index is 505. The minimum Gasteiger partial charge on any atom is -0.494 e. The van der Waals surface area contributed by atoms with Crippen LogP contribution in [0, 0.1) is 0 Å². The molecule has 98 valence electrons. The van der Waals surface area contributed by atoms with Crippen molar-refractivity contribution in [2.45, 2.75) is 33.2 Å². The smallest absolute Gasteiger partial charge is 0.121 e. The number of hydrogen-bond acceptors (Lipinski definition) is 3. The van der Waals surface area contributed by atoms with Crippen LogP contribution >= 0.6 is 0 Å². The van der Waals surface area contributed by atoms with Crippen LogP contribution in [-0.4, -0.2) is 29.2 Å². The summed E-state index contributed by atoms with van der Waals surface area (Å²) in [5.41, 5.74) is 2.04. The van der Waals surface area contributed by atoms with Crippen molar-refractivity contribution >= 4 is 11.0 Å². The molecule has 0 saturated heterocycles. The van der Waals surface area contributed by atoms with E-state index in [1.54, 1.807) is 0 Å². The van der Waals surface area contributed by atoms with Crippen LogP contribution in [0.5, 0.6) is 5.75 Å². The van der Waals surface area contributed by atoms with E-state index in [1.165, 1.54) is 0 Å². The third kappa shape index (κ3) is 3.23. The molecule has 4 nitrogen and oxygen atoms in total. The maximum Gasteiger partial charge on any atom is 0.121 e. The second-order valence-electron chi connectivity index (χ2n) is 4.65. The lowest BCUT2D eigenvalue weighted by molar-refractivity contribution is 0.340. The Morgan fingerprint density at radius 2 is 2.22 bits per heavy atom. The van der Waals surface area contributed by atoms with Crippen molar-refractivity contribution in [3.05, 3.63) is 24.0 Å². The van der Waals surface area contributed by atoms with Gasteiger partial charge in [0.1, 0.15) is 11.6 Å². The van der Waals surface area contributed by atoms with E-state index >= 15 is 0 Å². The molecular formula is C14H21N3O. The Balaban J connectivity index is 2.07. The molecule has 0 unspecified atom stereocenters. The van der Waals surface area contributed by atoms with E-state index in [4.69, 9.17) is 4.74 Å². The van der Waals surface area contributed by atoms with Gasteiger partial charge in [0, 0.05) is 25.1 Å². The fourth-order valence-electron chi connectivity index (χ4n) is 1.90. The van der Waals surface area contributed by atoms with E-state index in [2.05, 4.69) is 29.1 Å². The SMILES string of the molecule is CCOc1ccc2nc(CCNC(C)C)[nH]c2c1. The Hall–Kier alpha value is -1.55. The van der Waals surface area contributed by atoms with E-state index in [0.717, 1.165) is 35.6 Å². The number of imidazole rings is 1. The Kier molecular flexibility index (Phi) is 4.20. The van der Waals surface area contributed by atoms with Crippen LogP contribution in [0.3, 0.4) is 0 Å². The molecule has 2 rings (SSSR count). The first-order chi connectivity index (χ1) is 8.69. The lowest BCUT2D eigenvalue weighted by Gasteiger charge is -2.05. The molecule has 0 atom stereocenters. The van der Waals surface area contributed by atoms with Gasteiger partial charge in [-0.2, -0.15) is 0 Å². The van der Waals surface area contributed by atoms with E-state index < -0.39 is 0 Å². The third-order valence-electron chi connectivity index (χ3n) is 2.73. The third-order valence-corrected chi connectivity index (χ3v) is 2.73. The zero-order valence-corrected chi connectivity index (χ0v) is 11.3. The first kappa shape index (κ1) is 12.9. The summed E-state index contributed by atoms with van der Waals surface area (Å²) in [5.74, 6) is 1.91. The summed E-state index contributed by atoms with van der Waals surface area (Å²) >= 11 is 0. The average Bonchev–Trinajstić information content (AvgIpc) is 2.71. The van der Waals surface area contributed by atoms with Gasteiger partial charge >= 0.3 is 0 Å². The van der Waals surface area contributed by atoms with Gasteiger partial charge in [0.15, 0.2) is 0 Å². The topological polar surface area (TPSA) is 49.9 Å². The highest BCUT2D eigenvalue weighted by Crippen LogP contribution is 2.19. The summed E-state index contributed by atoms with van der Waals surface area (Å²) in [6.45, 7) is 7.90. The van der Waals surface area contributed by atoms with Gasteiger partial charge < -0.3 is 15.0 Å². The number of fused-ring (bicyclic) bond motifs is 1. The molecule has 0 fully saturated rings. The molecule has 0 amide bonds. The van der Waals surface area contributed by atoms with Crippen molar-refractivity contribution in [1.82, 2.24) is 15.3 Å². The van der Waals surface area contributed by atoms with E-state index in [1.807, 2.05) is 25.1 Å². The van der Waals surface area contributed by atoms with Crippen molar-refractivity contribution in [3.8, 4) is 5.75 Å². The fourth-order valence-corrected chi connectivity index (χ4v) is 1.90. The van der Waals surface area contributed by atoms with Gasteiger partial charge in [0.25, 0.3) is 0 Å². The van der Waals surface area contributed by atoms with Gasteiger partial charge in [-0.15, -0.1) is 0 Å². The van der Waals surface area contributed by atoms with Crippen LogP contribution in [0.4, 0.5) is 0 Å². The predicted octanol–water partition coefficient (Wildman–Crippen LogP) is 2.50. The van der Waals surface area contributed by atoms with Crippen molar-refractivity contribution in [3.63, 3.8) is 0 Å². The van der Waals surface area contributed by atoms with Crippen molar-refractivity contribution in [2.24, 2.45) is 0 Å². The second kappa shape index (κ2) is 5.87. The molecule has 0 aliphatic carbocycles. The maximum atomic E-state index is 5.48. The van der Waals surface area contributed by atoms with E-state index in [-0.39, 0.29) is 0 Å². The Morgan fingerprint density at radius 1 is 1.39 bits per heavy atom. The highest BCUT2D eigenvalue weighted by molar-refractivity contribution is 5.76. The van der Waals surface area contributed by atoms with Crippen LogP contribution in [0.1, 0.15) is 26.6 Å². The largest absolute Gasteiger partial charge is 0.494 e. The van der Waals surface area contributed by atoms with Gasteiger partial charge in [-0.3, -0.25) is 0 Å². The molecule has 1 aromatic heterocycles. The second-order valence-corrected chi connectivity index (χ2v) is 4.65. The molecule has 0 bridgehead atoms. The number of benzene rings is 1. The molecule has 1 aromatic carbocycles. The summed E-state index contributed by atoms with van der Waals surface area (Å²) in [6.07, 6.45) is 0.914. The minimum absolute atomic E-state index is 0.513. The lowest BCUT2D eigenvalue weighted by Crippen LogP contribution is -2.25. The Labute approximate surface area is 108 Å². The van der Waals surface area contributed by atoms with Crippen LogP contribution in [0.15, 0.2) is 18.2 Å². The average molecular weight is 247 g/mol. The fraction of sp³-hybridized carbons (Fsp3) is 0.500. The molecule has 18 heavy (non-hydrogen) atoms. The van der Waals surface area contributed by atoms with E-state index in [9.17, 15) is 0 Å². The summed E-state index contributed by atoms with van der Waals surface area (Å²) in [4.78, 5) is 7.90. The normalized spacial score (nSPS) is 11.3. The molecule has 0 saturated carbocycles. The molecule has 0 aliphatic rings. The van der Waals surface area contributed by atoms with Crippen LogP contribution in [0.25, 0.3) is 11.0 Å². The highest BCUT2D eigenvalue weighted by Gasteiger charge is 2.04. The van der Waals surface area contributed by atoms with Gasteiger partial charge in [0.2, 0.25) is 0 Å². The van der Waals surface area contributed by atoms with Crippen molar-refractivity contribution < 1.29 is 4.74 Å². The standard InChI is InChI=1S/C14H21N3O/c1-4-18-11-5-6-12-13(9-11)17-14(16-12)7-8-15-10(2)3/h5-6,9-10,15H,4,7-8H2,1-3H3,(H,16,17). The highest BCUT2D eigenvalue weighted by atomic mass is 16.5. The minimum atomic E-state index is 0.513. The molecule has 0 radical (unpaired) electrons. The predicted molar refractivity (Wildman–Crippen MR) is 74.1 cm³/mol. The summed E-state index contributed by atoms with van der Waals surface area (Å²) < 4.78 is 5.48. The monoisotopic (exact) mass is 247 g/mol. The molecular weight excluding hydrogens is 226 g/mol. The zero-order valence-electron chi connectivity index (χ0n) is 11.3. The van der Waals surface area contributed by atoms with Gasteiger partial charge in [-0.05, 0) is 19.1 Å². The lowest BCUT2D eigenvalue weighted by atomic mass is 10.3. The molecule has 0 aliphatic heterocycles. The number of nitrogens with zero attached hydrogens (tertiary/aromatic N) is 1. The number of aromatic amines is 1. The molecule has 4 heteroatoms. The quantitative estimate of drug-likeness (QED) is 0.824. The number of H-pyrrole nitrogens is 1. The summed E-state index contributed by atoms with van der Waals surface area (Å²) in [5, 5.41) is 3.39. The maximum absolute atomic E-state index is 5.48. The number of ether oxygens (including phenoxy) is 1. The van der Waals surface area contributed by atoms with Gasteiger partial charge in [-0.25, -0.2) is 4.98 Å². The van der Waals surface area contributed by atoms with Crippen molar-refractivity contribution in [1.29, 1.82) is 0 Å². The van der Waals surface area contributed by atoms with Crippen LogP contribution in [0.2, 0.25) is 0 Å². The summed E-state index contributed by atoms with van der Waals surface area (Å²) in [7, 11) is 0. The molecule has 2 N–H and O–H groups in total. The summed E-state index contributed by atoms with van der Waals surface area (Å²) in [6, 6.07) is 6.48. The molecule has 1 heterocycles. The molecule has 0 spiro atoms. The van der Waals surface area contributed by atoms with Crippen LogP contribution < -0.4 is 10.1 Å². The first-order valence-electron chi connectivity index (χ1n) is 6.54. The van der Waals surface area contributed by atoms with Gasteiger partial charge in [-0.1, -0.05) is 13.8 Å². The van der Waals surface area contributed by atoms with Gasteiger partial charge in [0.05, 0.1) is 17.6 Å². The number of rotatable bonds is 6. The van der Waals surface area contributed by atoms with Crippen molar-refractivity contribution in [2.75, 3.05) is 13.2 Å². The Morgan fingerprint density at radius 3 is 2.94 bits per heavy atom. The first-order valence-corrected chi connectivity index (χ1v) is 6.54. The number of nitrogens with one attached hydrogen (secondary N) is 2. The molecule has 2 aromatic rings. The number of hydrogen-bond donors (Lipinski definition) is 2.